The molecule has 35 heavy (non-hydrogen) atoms. The van der Waals surface area contributed by atoms with Crippen molar-refractivity contribution in [2.45, 2.75) is 20.8 Å². The topological polar surface area (TPSA) is 84.5 Å². The molecule has 0 unspecified atom stereocenters. The van der Waals surface area contributed by atoms with Crippen molar-refractivity contribution in [3.63, 3.8) is 0 Å². The molecule has 2 N–H and O–H groups in total. The summed E-state index contributed by atoms with van der Waals surface area (Å²) in [5, 5.41) is 6.01. The predicted molar refractivity (Wildman–Crippen MR) is 139 cm³/mol. The van der Waals surface area contributed by atoms with Gasteiger partial charge in [-0.3, -0.25) is 14.4 Å². The van der Waals surface area contributed by atoms with Gasteiger partial charge in [-0.1, -0.05) is 37.6 Å². The second-order valence-electron chi connectivity index (χ2n) is 8.38. The van der Waals surface area contributed by atoms with Gasteiger partial charge >= 0.3 is 0 Å². The largest absolute Gasteiger partial charge is 0.493 e. The fraction of sp³-hybridized carbons (Fsp3) is 0.179. The van der Waals surface area contributed by atoms with Crippen LogP contribution in [0.4, 0.5) is 5.69 Å². The van der Waals surface area contributed by atoms with Crippen LogP contribution in [-0.2, 0) is 4.79 Å². The zero-order valence-corrected chi connectivity index (χ0v) is 20.6. The SMILES string of the molecule is CC(=O)c1ccc(NC(=O)/C(=C/c2ccc(Cl)cc2)NC(=O)c2ccc(OCC(C)C)cc2)cc1. The molecule has 7 heteroatoms. The van der Waals surface area contributed by atoms with E-state index in [0.29, 0.717) is 45.7 Å². The molecule has 0 spiro atoms. The number of amides is 2. The summed E-state index contributed by atoms with van der Waals surface area (Å²) in [6.07, 6.45) is 1.56. The molecule has 0 atom stereocenters. The lowest BCUT2D eigenvalue weighted by atomic mass is 10.1. The molecule has 0 aliphatic heterocycles. The Bertz CT molecular complexity index is 1220. The minimum Gasteiger partial charge on any atom is -0.493 e. The molecule has 0 heterocycles. The van der Waals surface area contributed by atoms with Crippen LogP contribution in [0.3, 0.4) is 0 Å². The molecule has 0 saturated heterocycles. The van der Waals surface area contributed by atoms with E-state index < -0.39 is 11.8 Å². The molecule has 3 rings (SSSR count). The van der Waals surface area contributed by atoms with Crippen molar-refractivity contribution in [3.05, 3.63) is 100 Å². The monoisotopic (exact) mass is 490 g/mol. The Morgan fingerprint density at radius 2 is 1.49 bits per heavy atom. The summed E-state index contributed by atoms with van der Waals surface area (Å²) >= 11 is 5.97. The van der Waals surface area contributed by atoms with Crippen LogP contribution in [0.5, 0.6) is 5.75 Å². The Balaban J connectivity index is 1.80. The Morgan fingerprint density at radius 3 is 2.06 bits per heavy atom. The van der Waals surface area contributed by atoms with Crippen LogP contribution < -0.4 is 15.4 Å². The van der Waals surface area contributed by atoms with Crippen LogP contribution in [0.1, 0.15) is 47.1 Å². The first-order valence-electron chi connectivity index (χ1n) is 11.1. The summed E-state index contributed by atoms with van der Waals surface area (Å²) < 4.78 is 5.66. The summed E-state index contributed by atoms with van der Waals surface area (Å²) in [5.74, 6) is 0.0252. The van der Waals surface area contributed by atoms with Gasteiger partial charge in [0, 0.05) is 21.8 Å². The lowest BCUT2D eigenvalue weighted by Gasteiger charge is -2.12. The van der Waals surface area contributed by atoms with Crippen molar-refractivity contribution in [3.8, 4) is 5.75 Å². The summed E-state index contributed by atoms with van der Waals surface area (Å²) in [5.41, 5.74) is 2.14. The molecular weight excluding hydrogens is 464 g/mol. The highest BCUT2D eigenvalue weighted by molar-refractivity contribution is 6.30. The van der Waals surface area contributed by atoms with Gasteiger partial charge in [0.05, 0.1) is 6.61 Å². The maximum Gasteiger partial charge on any atom is 0.272 e. The van der Waals surface area contributed by atoms with Crippen LogP contribution >= 0.6 is 11.6 Å². The van der Waals surface area contributed by atoms with Gasteiger partial charge in [-0.05, 0) is 85.1 Å². The fourth-order valence-corrected chi connectivity index (χ4v) is 3.16. The van der Waals surface area contributed by atoms with E-state index in [1.54, 1.807) is 78.9 Å². The number of anilines is 1. The maximum atomic E-state index is 13.1. The highest BCUT2D eigenvalue weighted by atomic mass is 35.5. The average molecular weight is 491 g/mol. The number of ether oxygens (including phenoxy) is 1. The van der Waals surface area contributed by atoms with Gasteiger partial charge in [0.25, 0.3) is 11.8 Å². The smallest absolute Gasteiger partial charge is 0.272 e. The van der Waals surface area contributed by atoms with Gasteiger partial charge in [0.15, 0.2) is 5.78 Å². The van der Waals surface area contributed by atoms with Gasteiger partial charge in [0.2, 0.25) is 0 Å². The van der Waals surface area contributed by atoms with Crippen LogP contribution in [-0.4, -0.2) is 24.2 Å². The van der Waals surface area contributed by atoms with Gasteiger partial charge in [0.1, 0.15) is 11.4 Å². The predicted octanol–water partition coefficient (Wildman–Crippen LogP) is 5.99. The van der Waals surface area contributed by atoms with Gasteiger partial charge in [-0.25, -0.2) is 0 Å². The second kappa shape index (κ2) is 12.0. The molecule has 0 aliphatic carbocycles. The molecule has 0 bridgehead atoms. The Kier molecular flexibility index (Phi) is 8.81. The third kappa shape index (κ3) is 7.83. The van der Waals surface area contributed by atoms with E-state index >= 15 is 0 Å². The number of rotatable bonds is 9. The van der Waals surface area contributed by atoms with Crippen LogP contribution in [0, 0.1) is 5.92 Å². The average Bonchev–Trinajstić information content (AvgIpc) is 2.84. The highest BCUT2D eigenvalue weighted by Crippen LogP contribution is 2.17. The van der Waals surface area contributed by atoms with Crippen molar-refractivity contribution in [1.82, 2.24) is 5.32 Å². The van der Waals surface area contributed by atoms with Crippen molar-refractivity contribution >= 4 is 41.0 Å². The lowest BCUT2D eigenvalue weighted by Crippen LogP contribution is -2.30. The van der Waals surface area contributed by atoms with E-state index in [1.165, 1.54) is 6.92 Å². The van der Waals surface area contributed by atoms with E-state index in [4.69, 9.17) is 16.3 Å². The van der Waals surface area contributed by atoms with Crippen LogP contribution in [0.2, 0.25) is 5.02 Å². The summed E-state index contributed by atoms with van der Waals surface area (Å²) in [4.78, 5) is 37.5. The number of nitrogens with one attached hydrogen (secondary N) is 2. The quantitative estimate of drug-likeness (QED) is 0.285. The van der Waals surface area contributed by atoms with Crippen molar-refractivity contribution in [1.29, 1.82) is 0 Å². The van der Waals surface area contributed by atoms with Crippen molar-refractivity contribution in [2.75, 3.05) is 11.9 Å². The maximum absolute atomic E-state index is 13.1. The van der Waals surface area contributed by atoms with E-state index in [0.717, 1.165) is 0 Å². The third-order valence-corrected chi connectivity index (χ3v) is 5.17. The van der Waals surface area contributed by atoms with E-state index in [1.807, 2.05) is 0 Å². The lowest BCUT2D eigenvalue weighted by molar-refractivity contribution is -0.113. The number of Topliss-reactive ketones (excluding diaryl/α,β-unsaturated/α-hetero) is 1. The molecule has 0 radical (unpaired) electrons. The number of benzene rings is 3. The molecule has 0 aromatic heterocycles. The second-order valence-corrected chi connectivity index (χ2v) is 8.82. The first kappa shape index (κ1) is 25.7. The van der Waals surface area contributed by atoms with Crippen LogP contribution in [0.15, 0.2) is 78.5 Å². The zero-order valence-electron chi connectivity index (χ0n) is 19.8. The summed E-state index contributed by atoms with van der Waals surface area (Å²) in [7, 11) is 0. The molecule has 2 amide bonds. The van der Waals surface area contributed by atoms with E-state index in [2.05, 4.69) is 24.5 Å². The molecule has 3 aromatic carbocycles. The van der Waals surface area contributed by atoms with E-state index in [-0.39, 0.29) is 11.5 Å². The van der Waals surface area contributed by atoms with Gasteiger partial charge in [-0.15, -0.1) is 0 Å². The highest BCUT2D eigenvalue weighted by Gasteiger charge is 2.16. The molecule has 0 aliphatic rings. The Hall–Kier alpha value is -3.90. The molecule has 0 saturated carbocycles. The number of ketones is 1. The number of carbonyl (C=O) groups excluding carboxylic acids is 3. The zero-order chi connectivity index (χ0) is 25.4. The van der Waals surface area contributed by atoms with Gasteiger partial charge in [-0.2, -0.15) is 0 Å². The Labute approximate surface area is 210 Å². The minimum absolute atomic E-state index is 0.0492. The number of hydrogen-bond donors (Lipinski definition) is 2. The number of hydrogen-bond acceptors (Lipinski definition) is 4. The molecular formula is C28H27ClN2O4. The summed E-state index contributed by atoms with van der Waals surface area (Å²) in [6, 6.07) is 20.1. The Morgan fingerprint density at radius 1 is 0.886 bits per heavy atom. The van der Waals surface area contributed by atoms with E-state index in [9.17, 15) is 14.4 Å². The minimum atomic E-state index is -0.513. The van der Waals surface area contributed by atoms with Crippen molar-refractivity contribution in [2.24, 2.45) is 5.92 Å². The first-order valence-corrected chi connectivity index (χ1v) is 11.5. The standard InChI is InChI=1S/C28H27ClN2O4/c1-18(2)17-35-25-14-8-22(9-15-25)27(33)31-26(16-20-4-10-23(29)11-5-20)28(34)30-24-12-6-21(7-13-24)19(3)32/h4-16,18H,17H2,1-3H3,(H,30,34)(H,31,33)/b26-16-. The van der Waals surface area contributed by atoms with Crippen molar-refractivity contribution < 1.29 is 19.1 Å². The number of carbonyl (C=O) groups is 3. The third-order valence-electron chi connectivity index (χ3n) is 4.92. The van der Waals surface area contributed by atoms with Crippen LogP contribution in [0.25, 0.3) is 6.08 Å². The molecule has 6 nitrogen and oxygen atoms in total. The molecule has 0 fully saturated rings. The molecule has 180 valence electrons. The first-order chi connectivity index (χ1) is 16.7. The molecule has 3 aromatic rings. The fourth-order valence-electron chi connectivity index (χ4n) is 3.03. The van der Waals surface area contributed by atoms with Gasteiger partial charge < -0.3 is 15.4 Å². The summed E-state index contributed by atoms with van der Waals surface area (Å²) in [6.45, 7) is 6.16. The number of halogens is 1. The normalized spacial score (nSPS) is 11.2.